The molecule has 2 atom stereocenters. The van der Waals surface area contributed by atoms with Crippen molar-refractivity contribution in [3.05, 3.63) is 0 Å². The third kappa shape index (κ3) is 9.38. The van der Waals surface area contributed by atoms with Crippen LogP contribution in [-0.4, -0.2) is 44.6 Å². The fourth-order valence-electron chi connectivity index (χ4n) is 1.16. The summed E-state index contributed by atoms with van der Waals surface area (Å²) in [5.41, 5.74) is 0. The Labute approximate surface area is 83.0 Å². The van der Waals surface area contributed by atoms with E-state index in [0.29, 0.717) is 7.92 Å². The van der Waals surface area contributed by atoms with Crippen molar-refractivity contribution in [1.29, 1.82) is 0 Å². The molecule has 0 N–H and O–H groups in total. The van der Waals surface area contributed by atoms with Gasteiger partial charge in [0.2, 0.25) is 0 Å². The summed E-state index contributed by atoms with van der Waals surface area (Å²) in [7, 11) is 2.75. The molecule has 0 fully saturated rings. The molecule has 0 radical (unpaired) electrons. The summed E-state index contributed by atoms with van der Waals surface area (Å²) in [5.74, 6) is 0. The standard InChI is InChI=1S/C9H23P3/c1-10-6-4-8-12(3)9-5-7-11-2/h10-11H,4-9H2,1-3H3. The Balaban J connectivity index is 3.04. The Hall–Kier alpha value is 1.29. The van der Waals surface area contributed by atoms with Crippen LogP contribution < -0.4 is 0 Å². The minimum atomic E-state index is 0.405. The van der Waals surface area contributed by atoms with E-state index in [1.54, 1.807) is 0 Å². The van der Waals surface area contributed by atoms with Crippen LogP contribution in [-0.2, 0) is 0 Å². The third-order valence-electron chi connectivity index (χ3n) is 1.93. The largest absolute Gasteiger partial charge is 0.125 e. The Kier molecular flexibility index (Phi) is 11.5. The van der Waals surface area contributed by atoms with E-state index in [2.05, 4.69) is 20.0 Å². The molecular formula is C9H23P3. The second-order valence-corrected chi connectivity index (χ2v) is 8.24. The summed E-state index contributed by atoms with van der Waals surface area (Å²) in [6.45, 7) is 7.11. The highest BCUT2D eigenvalue weighted by atomic mass is 31.1. The topological polar surface area (TPSA) is 0 Å². The molecule has 0 nitrogen and oxygen atoms in total. The monoisotopic (exact) mass is 224 g/mol. The van der Waals surface area contributed by atoms with Crippen molar-refractivity contribution in [2.75, 3.05) is 44.6 Å². The molecule has 0 bridgehead atoms. The van der Waals surface area contributed by atoms with Gasteiger partial charge in [-0.15, -0.1) is 25.1 Å². The lowest BCUT2D eigenvalue weighted by Crippen LogP contribution is -1.91. The molecule has 0 saturated carbocycles. The lowest BCUT2D eigenvalue weighted by Gasteiger charge is -2.10. The van der Waals surface area contributed by atoms with E-state index in [0.717, 1.165) is 0 Å². The fourth-order valence-corrected chi connectivity index (χ4v) is 4.44. The summed E-state index contributed by atoms with van der Waals surface area (Å²) < 4.78 is 0. The molecule has 0 aliphatic carbocycles. The Morgan fingerprint density at radius 3 is 1.67 bits per heavy atom. The van der Waals surface area contributed by atoms with Crippen LogP contribution in [0.2, 0.25) is 0 Å². The molecule has 0 aromatic heterocycles. The molecule has 0 aliphatic rings. The van der Waals surface area contributed by atoms with Gasteiger partial charge < -0.3 is 0 Å². The van der Waals surface area contributed by atoms with Crippen LogP contribution in [0.25, 0.3) is 0 Å². The van der Waals surface area contributed by atoms with Crippen LogP contribution >= 0.6 is 25.1 Å². The van der Waals surface area contributed by atoms with Crippen LogP contribution in [0.15, 0.2) is 0 Å². The summed E-state index contributed by atoms with van der Waals surface area (Å²) in [4.78, 5) is 0. The molecule has 12 heavy (non-hydrogen) atoms. The number of rotatable bonds is 8. The first-order valence-electron chi connectivity index (χ1n) is 4.79. The highest BCUT2D eigenvalue weighted by molar-refractivity contribution is 7.56. The summed E-state index contributed by atoms with van der Waals surface area (Å²) in [6.07, 6.45) is 8.99. The van der Waals surface area contributed by atoms with Crippen molar-refractivity contribution in [2.24, 2.45) is 0 Å². The van der Waals surface area contributed by atoms with Crippen LogP contribution in [0.3, 0.4) is 0 Å². The van der Waals surface area contributed by atoms with Gasteiger partial charge in [0.15, 0.2) is 0 Å². The van der Waals surface area contributed by atoms with E-state index >= 15 is 0 Å². The van der Waals surface area contributed by atoms with Gasteiger partial charge in [-0.3, -0.25) is 0 Å². The van der Waals surface area contributed by atoms with Crippen LogP contribution in [0.1, 0.15) is 12.8 Å². The van der Waals surface area contributed by atoms with Gasteiger partial charge in [0.25, 0.3) is 0 Å². The van der Waals surface area contributed by atoms with E-state index in [1.165, 1.54) is 54.7 Å². The van der Waals surface area contributed by atoms with Gasteiger partial charge in [0.05, 0.1) is 0 Å². The fraction of sp³-hybridized carbons (Fsp3) is 1.00. The lowest BCUT2D eigenvalue weighted by molar-refractivity contribution is 1.07. The molecule has 0 aromatic carbocycles. The highest BCUT2D eigenvalue weighted by Crippen LogP contribution is 2.33. The third-order valence-corrected chi connectivity index (χ3v) is 5.80. The summed E-state index contributed by atoms with van der Waals surface area (Å²) in [6, 6.07) is 0. The lowest BCUT2D eigenvalue weighted by atomic mass is 10.6. The molecule has 0 heterocycles. The van der Waals surface area contributed by atoms with Gasteiger partial charge in [0.1, 0.15) is 0 Å². The molecule has 3 heteroatoms. The minimum absolute atomic E-state index is 0.405. The molecule has 2 unspecified atom stereocenters. The second-order valence-electron chi connectivity index (χ2n) is 3.22. The van der Waals surface area contributed by atoms with Crippen molar-refractivity contribution >= 4 is 25.1 Å². The van der Waals surface area contributed by atoms with E-state index in [-0.39, 0.29) is 0 Å². The van der Waals surface area contributed by atoms with Gasteiger partial charge in [-0.25, -0.2) is 0 Å². The summed E-state index contributed by atoms with van der Waals surface area (Å²) in [5, 5.41) is 0. The van der Waals surface area contributed by atoms with Crippen molar-refractivity contribution in [2.45, 2.75) is 12.8 Å². The zero-order valence-electron chi connectivity index (χ0n) is 8.69. The van der Waals surface area contributed by atoms with Crippen molar-refractivity contribution < 1.29 is 0 Å². The van der Waals surface area contributed by atoms with Crippen LogP contribution in [0, 0.1) is 0 Å². The average Bonchev–Trinajstić information content (AvgIpc) is 2.06. The number of hydrogen-bond donors (Lipinski definition) is 0. The molecular weight excluding hydrogens is 201 g/mol. The van der Waals surface area contributed by atoms with Gasteiger partial charge in [-0.2, -0.15) is 0 Å². The van der Waals surface area contributed by atoms with Gasteiger partial charge in [-0.05, 0) is 57.5 Å². The molecule has 0 amide bonds. The number of hydrogen-bond acceptors (Lipinski definition) is 0. The molecule has 0 aliphatic heterocycles. The molecule has 0 saturated heterocycles. The zero-order valence-corrected chi connectivity index (χ0v) is 11.6. The van der Waals surface area contributed by atoms with Crippen molar-refractivity contribution in [1.82, 2.24) is 0 Å². The SMILES string of the molecule is CPCCCP(C)CCCPC. The van der Waals surface area contributed by atoms with Crippen LogP contribution in [0.4, 0.5) is 0 Å². The summed E-state index contributed by atoms with van der Waals surface area (Å²) >= 11 is 0. The normalized spacial score (nSPS) is 15.2. The highest BCUT2D eigenvalue weighted by Gasteiger charge is 1.99. The zero-order chi connectivity index (χ0) is 9.23. The van der Waals surface area contributed by atoms with Crippen molar-refractivity contribution in [3.63, 3.8) is 0 Å². The quantitative estimate of drug-likeness (QED) is 0.437. The predicted molar refractivity (Wildman–Crippen MR) is 70.0 cm³/mol. The Morgan fingerprint density at radius 1 is 0.917 bits per heavy atom. The first-order chi connectivity index (χ1) is 5.81. The Bertz CT molecular complexity index is 75.8. The van der Waals surface area contributed by atoms with Gasteiger partial charge in [-0.1, -0.05) is 0 Å². The second kappa shape index (κ2) is 10.4. The minimum Gasteiger partial charge on any atom is -0.125 e. The maximum Gasteiger partial charge on any atom is -0.0325 e. The maximum atomic E-state index is 2.48. The first-order valence-corrected chi connectivity index (χ1v) is 10.4. The van der Waals surface area contributed by atoms with Crippen LogP contribution in [0.5, 0.6) is 0 Å². The molecule has 0 aromatic rings. The smallest absolute Gasteiger partial charge is 0.0325 e. The maximum absolute atomic E-state index is 2.48. The average molecular weight is 224 g/mol. The molecule has 0 spiro atoms. The van der Waals surface area contributed by atoms with Gasteiger partial charge in [0, 0.05) is 0 Å². The van der Waals surface area contributed by atoms with E-state index in [4.69, 9.17) is 0 Å². The molecule has 74 valence electrons. The van der Waals surface area contributed by atoms with E-state index < -0.39 is 0 Å². The van der Waals surface area contributed by atoms with E-state index in [1.807, 2.05) is 0 Å². The van der Waals surface area contributed by atoms with E-state index in [9.17, 15) is 0 Å². The van der Waals surface area contributed by atoms with Crippen molar-refractivity contribution in [3.8, 4) is 0 Å². The molecule has 0 rings (SSSR count). The first kappa shape index (κ1) is 13.3. The van der Waals surface area contributed by atoms with Gasteiger partial charge >= 0.3 is 0 Å². The Morgan fingerprint density at radius 2 is 1.33 bits per heavy atom. The predicted octanol–water partition coefficient (Wildman–Crippen LogP) is 3.49.